The van der Waals surface area contributed by atoms with Crippen molar-refractivity contribution in [2.24, 2.45) is 14.1 Å². The molecule has 26 heavy (non-hydrogen) atoms. The lowest BCUT2D eigenvalue weighted by Crippen LogP contribution is -2.43. The van der Waals surface area contributed by atoms with E-state index >= 15 is 0 Å². The molecule has 3 aromatic rings. The molecule has 1 atom stereocenters. The lowest BCUT2D eigenvalue weighted by Gasteiger charge is -2.32. The Labute approximate surface area is 153 Å². The number of aryl methyl sites for hydroxylation is 3. The predicted octanol–water partition coefficient (Wildman–Crippen LogP) is 2.74. The van der Waals surface area contributed by atoms with Crippen LogP contribution in [0.15, 0.2) is 30.5 Å². The standard InChI is InChI=1S/C20H24N4O2/c1-13-11-22(3)19(21-13)17-12-24(9-10-26-17)20(25)18-14(2)23(4)16-8-6-5-7-15(16)18/h5-8,11,17H,9-10,12H2,1-4H3. The van der Waals surface area contributed by atoms with E-state index in [0.29, 0.717) is 19.7 Å². The molecule has 1 aromatic carbocycles. The van der Waals surface area contributed by atoms with Crippen LogP contribution in [-0.2, 0) is 18.8 Å². The average molecular weight is 352 g/mol. The van der Waals surface area contributed by atoms with E-state index in [1.165, 1.54) is 0 Å². The minimum Gasteiger partial charge on any atom is -0.367 e. The number of aromatic nitrogens is 3. The van der Waals surface area contributed by atoms with Crippen LogP contribution in [0.3, 0.4) is 0 Å². The van der Waals surface area contributed by atoms with Crippen molar-refractivity contribution in [2.75, 3.05) is 19.7 Å². The number of morpholine rings is 1. The van der Waals surface area contributed by atoms with Gasteiger partial charge in [0.2, 0.25) is 0 Å². The molecule has 0 aliphatic carbocycles. The molecule has 2 aromatic heterocycles. The van der Waals surface area contributed by atoms with Gasteiger partial charge in [0.25, 0.3) is 5.91 Å². The number of amides is 1. The number of nitrogens with zero attached hydrogens (tertiary/aromatic N) is 4. The molecule has 4 rings (SSSR count). The number of imidazole rings is 1. The molecule has 0 spiro atoms. The van der Waals surface area contributed by atoms with E-state index in [2.05, 4.69) is 15.6 Å². The zero-order chi connectivity index (χ0) is 18.4. The summed E-state index contributed by atoms with van der Waals surface area (Å²) in [5.41, 5.74) is 3.82. The van der Waals surface area contributed by atoms with Crippen molar-refractivity contribution in [1.29, 1.82) is 0 Å². The van der Waals surface area contributed by atoms with E-state index in [4.69, 9.17) is 4.74 Å². The van der Waals surface area contributed by atoms with Crippen LogP contribution in [0.1, 0.15) is 33.7 Å². The normalized spacial score (nSPS) is 17.8. The second-order valence-electron chi connectivity index (χ2n) is 7.00. The summed E-state index contributed by atoms with van der Waals surface area (Å²) in [7, 11) is 3.97. The van der Waals surface area contributed by atoms with E-state index in [-0.39, 0.29) is 12.0 Å². The van der Waals surface area contributed by atoms with Gasteiger partial charge in [0.15, 0.2) is 0 Å². The third-order valence-electron chi connectivity index (χ3n) is 5.29. The molecule has 1 aliphatic rings. The second-order valence-corrected chi connectivity index (χ2v) is 7.00. The van der Waals surface area contributed by atoms with E-state index in [0.717, 1.165) is 33.7 Å². The van der Waals surface area contributed by atoms with Gasteiger partial charge >= 0.3 is 0 Å². The van der Waals surface area contributed by atoms with Crippen LogP contribution in [-0.4, -0.2) is 44.6 Å². The fourth-order valence-electron chi connectivity index (χ4n) is 3.87. The van der Waals surface area contributed by atoms with Crippen LogP contribution < -0.4 is 0 Å². The largest absolute Gasteiger partial charge is 0.367 e. The second kappa shape index (κ2) is 6.29. The Hall–Kier alpha value is -2.60. The fourth-order valence-corrected chi connectivity index (χ4v) is 3.87. The number of fused-ring (bicyclic) bond motifs is 1. The topological polar surface area (TPSA) is 52.3 Å². The van der Waals surface area contributed by atoms with Crippen LogP contribution in [0.25, 0.3) is 10.9 Å². The number of carbonyl (C=O) groups is 1. The average Bonchev–Trinajstić information content (AvgIpc) is 3.11. The van der Waals surface area contributed by atoms with Gasteiger partial charge in [-0.15, -0.1) is 0 Å². The first-order valence-corrected chi connectivity index (χ1v) is 8.92. The van der Waals surface area contributed by atoms with Gasteiger partial charge in [-0.2, -0.15) is 0 Å². The minimum absolute atomic E-state index is 0.0681. The van der Waals surface area contributed by atoms with Crippen LogP contribution in [0.4, 0.5) is 0 Å². The highest BCUT2D eigenvalue weighted by Gasteiger charge is 2.31. The summed E-state index contributed by atoms with van der Waals surface area (Å²) in [4.78, 5) is 19.8. The monoisotopic (exact) mass is 352 g/mol. The molecule has 3 heterocycles. The summed E-state index contributed by atoms with van der Waals surface area (Å²) in [6, 6.07) is 8.06. The Morgan fingerprint density at radius 3 is 2.73 bits per heavy atom. The lowest BCUT2D eigenvalue weighted by molar-refractivity contribution is -0.0279. The van der Waals surface area contributed by atoms with Gasteiger partial charge in [-0.3, -0.25) is 4.79 Å². The molecule has 0 N–H and O–H groups in total. The van der Waals surface area contributed by atoms with Crippen LogP contribution in [0, 0.1) is 13.8 Å². The smallest absolute Gasteiger partial charge is 0.256 e. The van der Waals surface area contributed by atoms with Crippen molar-refractivity contribution in [3.8, 4) is 0 Å². The van der Waals surface area contributed by atoms with E-state index in [1.54, 1.807) is 0 Å². The Kier molecular flexibility index (Phi) is 4.07. The summed E-state index contributed by atoms with van der Waals surface area (Å²) in [6.45, 7) is 5.61. The van der Waals surface area contributed by atoms with Crippen LogP contribution in [0.2, 0.25) is 0 Å². The molecule has 0 saturated carbocycles. The molecular weight excluding hydrogens is 328 g/mol. The molecule has 1 fully saturated rings. The molecule has 6 nitrogen and oxygen atoms in total. The first-order chi connectivity index (χ1) is 12.5. The van der Waals surface area contributed by atoms with Crippen molar-refractivity contribution >= 4 is 16.8 Å². The van der Waals surface area contributed by atoms with Gasteiger partial charge in [-0.05, 0) is 19.9 Å². The Morgan fingerprint density at radius 2 is 2.00 bits per heavy atom. The number of rotatable bonds is 2. The molecule has 1 aliphatic heterocycles. The highest BCUT2D eigenvalue weighted by Crippen LogP contribution is 2.28. The number of ether oxygens (including phenoxy) is 1. The van der Waals surface area contributed by atoms with Crippen molar-refractivity contribution in [2.45, 2.75) is 20.0 Å². The van der Waals surface area contributed by atoms with Gasteiger partial charge in [0.05, 0.1) is 24.4 Å². The van der Waals surface area contributed by atoms with Crippen molar-refractivity contribution in [3.63, 3.8) is 0 Å². The maximum atomic E-state index is 13.3. The molecule has 1 saturated heterocycles. The van der Waals surface area contributed by atoms with Crippen molar-refractivity contribution < 1.29 is 9.53 Å². The van der Waals surface area contributed by atoms with Gasteiger partial charge in [0.1, 0.15) is 11.9 Å². The first kappa shape index (κ1) is 16.8. The third kappa shape index (κ3) is 2.61. The van der Waals surface area contributed by atoms with Crippen LogP contribution >= 0.6 is 0 Å². The maximum absolute atomic E-state index is 13.3. The highest BCUT2D eigenvalue weighted by molar-refractivity contribution is 6.08. The number of benzene rings is 1. The van der Waals surface area contributed by atoms with Crippen molar-refractivity contribution in [3.05, 3.63) is 53.2 Å². The van der Waals surface area contributed by atoms with Crippen molar-refractivity contribution in [1.82, 2.24) is 19.0 Å². The number of hydrogen-bond acceptors (Lipinski definition) is 3. The Morgan fingerprint density at radius 1 is 1.23 bits per heavy atom. The maximum Gasteiger partial charge on any atom is 0.256 e. The summed E-state index contributed by atoms with van der Waals surface area (Å²) >= 11 is 0. The fraction of sp³-hybridized carbons (Fsp3) is 0.400. The SMILES string of the molecule is Cc1cn(C)c(C2CN(C(=O)c3c(C)n(C)c4ccccc34)CCO2)n1. The van der Waals surface area contributed by atoms with Gasteiger partial charge in [-0.1, -0.05) is 18.2 Å². The summed E-state index contributed by atoms with van der Waals surface area (Å²) in [5, 5.41) is 1.01. The lowest BCUT2D eigenvalue weighted by atomic mass is 10.1. The summed E-state index contributed by atoms with van der Waals surface area (Å²) < 4.78 is 9.98. The van der Waals surface area contributed by atoms with E-state index in [1.807, 2.05) is 61.8 Å². The number of hydrogen-bond donors (Lipinski definition) is 0. The molecule has 0 bridgehead atoms. The Balaban J connectivity index is 1.67. The Bertz CT molecular complexity index is 985. The third-order valence-corrected chi connectivity index (χ3v) is 5.29. The quantitative estimate of drug-likeness (QED) is 0.713. The van der Waals surface area contributed by atoms with Gasteiger partial charge < -0.3 is 18.8 Å². The first-order valence-electron chi connectivity index (χ1n) is 8.92. The van der Waals surface area contributed by atoms with Gasteiger partial charge in [0, 0.05) is 43.4 Å². The molecule has 1 amide bonds. The zero-order valence-corrected chi connectivity index (χ0v) is 15.7. The summed E-state index contributed by atoms with van der Waals surface area (Å²) in [6.07, 6.45) is 1.79. The molecule has 0 radical (unpaired) electrons. The highest BCUT2D eigenvalue weighted by atomic mass is 16.5. The van der Waals surface area contributed by atoms with Gasteiger partial charge in [-0.25, -0.2) is 4.98 Å². The molecule has 136 valence electrons. The zero-order valence-electron chi connectivity index (χ0n) is 15.7. The molecular formula is C20H24N4O2. The van der Waals surface area contributed by atoms with Crippen LogP contribution in [0.5, 0.6) is 0 Å². The molecule has 6 heteroatoms. The molecule has 1 unspecified atom stereocenters. The van der Waals surface area contributed by atoms with E-state index in [9.17, 15) is 4.79 Å². The number of para-hydroxylation sites is 1. The minimum atomic E-state index is -0.193. The number of carbonyl (C=O) groups excluding carboxylic acids is 1. The predicted molar refractivity (Wildman–Crippen MR) is 100 cm³/mol. The van der Waals surface area contributed by atoms with E-state index < -0.39 is 0 Å². The summed E-state index contributed by atoms with van der Waals surface area (Å²) in [5.74, 6) is 0.938.